The second kappa shape index (κ2) is 10.5. The van der Waals surface area contributed by atoms with Gasteiger partial charge in [-0.25, -0.2) is 0 Å². The third-order valence-electron chi connectivity index (χ3n) is 5.24. The Labute approximate surface area is 197 Å². The van der Waals surface area contributed by atoms with Gasteiger partial charge in [0.15, 0.2) is 23.0 Å². The molecule has 3 aromatic carbocycles. The highest BCUT2D eigenvalue weighted by Crippen LogP contribution is 2.37. The molecule has 4 rings (SSSR count). The van der Waals surface area contributed by atoms with Crippen molar-refractivity contribution in [2.24, 2.45) is 5.73 Å². The van der Waals surface area contributed by atoms with Crippen LogP contribution in [0.2, 0.25) is 5.02 Å². The normalized spacial score (nSPS) is 11.8. The number of hydrogen-bond acceptors (Lipinski definition) is 6. The largest absolute Gasteiger partial charge is 0.493 e. The SMILES string of the molecule is COc1cc(C(=O)N(CCN)Cc2cc3c(cc2Cl)OCO3)ccc1OCc1ccccc1. The summed E-state index contributed by atoms with van der Waals surface area (Å²) in [6.07, 6.45) is 0. The lowest BCUT2D eigenvalue weighted by atomic mass is 10.1. The van der Waals surface area contributed by atoms with E-state index in [9.17, 15) is 4.79 Å². The van der Waals surface area contributed by atoms with E-state index in [1.54, 1.807) is 42.3 Å². The van der Waals surface area contributed by atoms with E-state index in [2.05, 4.69) is 0 Å². The summed E-state index contributed by atoms with van der Waals surface area (Å²) in [5.41, 5.74) is 8.03. The molecule has 172 valence electrons. The van der Waals surface area contributed by atoms with Crippen LogP contribution in [0.3, 0.4) is 0 Å². The maximum Gasteiger partial charge on any atom is 0.254 e. The van der Waals surface area contributed by atoms with Crippen LogP contribution in [0.25, 0.3) is 0 Å². The number of hydrogen-bond donors (Lipinski definition) is 1. The number of halogens is 1. The lowest BCUT2D eigenvalue weighted by molar-refractivity contribution is 0.0747. The zero-order valence-corrected chi connectivity index (χ0v) is 19.0. The predicted molar refractivity (Wildman–Crippen MR) is 125 cm³/mol. The topological polar surface area (TPSA) is 83.3 Å². The molecule has 2 N–H and O–H groups in total. The van der Waals surface area contributed by atoms with E-state index in [-0.39, 0.29) is 19.2 Å². The Hall–Kier alpha value is -3.42. The molecular formula is C25H25ClN2O5. The van der Waals surface area contributed by atoms with Crippen molar-refractivity contribution in [1.82, 2.24) is 4.90 Å². The molecule has 3 aromatic rings. The number of benzene rings is 3. The fraction of sp³-hybridized carbons (Fsp3) is 0.240. The number of ether oxygens (including phenoxy) is 4. The van der Waals surface area contributed by atoms with Gasteiger partial charge in [0.25, 0.3) is 5.91 Å². The van der Waals surface area contributed by atoms with Crippen LogP contribution in [0.15, 0.2) is 60.7 Å². The number of fused-ring (bicyclic) bond motifs is 1. The summed E-state index contributed by atoms with van der Waals surface area (Å²) in [5.74, 6) is 2.04. The molecule has 7 nitrogen and oxygen atoms in total. The molecular weight excluding hydrogens is 444 g/mol. The van der Waals surface area contributed by atoms with Gasteiger partial charge in [0.2, 0.25) is 6.79 Å². The third kappa shape index (κ3) is 5.32. The number of carbonyl (C=O) groups is 1. The van der Waals surface area contributed by atoms with E-state index >= 15 is 0 Å². The van der Waals surface area contributed by atoms with Crippen LogP contribution in [0.5, 0.6) is 23.0 Å². The summed E-state index contributed by atoms with van der Waals surface area (Å²) in [4.78, 5) is 15.0. The first kappa shape index (κ1) is 22.8. The second-order valence-electron chi connectivity index (χ2n) is 7.45. The molecule has 0 aliphatic carbocycles. The molecule has 0 fully saturated rings. The van der Waals surface area contributed by atoms with Gasteiger partial charge < -0.3 is 29.6 Å². The Morgan fingerprint density at radius 2 is 1.82 bits per heavy atom. The zero-order chi connectivity index (χ0) is 23.2. The molecule has 1 aliphatic rings. The highest BCUT2D eigenvalue weighted by molar-refractivity contribution is 6.31. The number of methoxy groups -OCH3 is 1. The van der Waals surface area contributed by atoms with E-state index in [1.165, 1.54) is 0 Å². The van der Waals surface area contributed by atoms with Crippen molar-refractivity contribution < 1.29 is 23.7 Å². The van der Waals surface area contributed by atoms with Gasteiger partial charge in [-0.1, -0.05) is 41.9 Å². The van der Waals surface area contributed by atoms with Crippen LogP contribution in [0, 0.1) is 0 Å². The maximum atomic E-state index is 13.3. The first-order valence-electron chi connectivity index (χ1n) is 10.5. The molecule has 0 radical (unpaired) electrons. The van der Waals surface area contributed by atoms with Crippen molar-refractivity contribution in [3.63, 3.8) is 0 Å². The first-order chi connectivity index (χ1) is 16.1. The summed E-state index contributed by atoms with van der Waals surface area (Å²) in [7, 11) is 1.54. The van der Waals surface area contributed by atoms with Crippen LogP contribution in [0.4, 0.5) is 0 Å². The predicted octanol–water partition coefficient (Wildman–Crippen LogP) is 4.26. The lowest BCUT2D eigenvalue weighted by Gasteiger charge is -2.23. The highest BCUT2D eigenvalue weighted by Gasteiger charge is 2.22. The smallest absolute Gasteiger partial charge is 0.254 e. The molecule has 1 aliphatic heterocycles. The molecule has 0 bridgehead atoms. The van der Waals surface area contributed by atoms with Gasteiger partial charge in [0, 0.05) is 36.3 Å². The number of rotatable bonds is 9. The average molecular weight is 469 g/mol. The van der Waals surface area contributed by atoms with Crippen molar-refractivity contribution in [3.05, 3.63) is 82.4 Å². The minimum atomic E-state index is -0.193. The molecule has 0 saturated carbocycles. The summed E-state index contributed by atoms with van der Waals surface area (Å²) >= 11 is 6.42. The summed E-state index contributed by atoms with van der Waals surface area (Å²) < 4.78 is 22.2. The molecule has 0 saturated heterocycles. The number of carbonyl (C=O) groups excluding carboxylic acids is 1. The van der Waals surface area contributed by atoms with Crippen molar-refractivity contribution >= 4 is 17.5 Å². The molecule has 0 unspecified atom stereocenters. The maximum absolute atomic E-state index is 13.3. The minimum absolute atomic E-state index is 0.152. The Bertz CT molecular complexity index is 1120. The van der Waals surface area contributed by atoms with E-state index in [4.69, 9.17) is 36.3 Å². The lowest BCUT2D eigenvalue weighted by Crippen LogP contribution is -2.35. The van der Waals surface area contributed by atoms with Crippen LogP contribution < -0.4 is 24.7 Å². The molecule has 1 amide bonds. The summed E-state index contributed by atoms with van der Waals surface area (Å²) in [5, 5.41) is 0.497. The molecule has 0 aromatic heterocycles. The number of amides is 1. The van der Waals surface area contributed by atoms with Gasteiger partial charge in [-0.3, -0.25) is 4.79 Å². The fourth-order valence-corrected chi connectivity index (χ4v) is 3.75. The van der Waals surface area contributed by atoms with Crippen LogP contribution in [0.1, 0.15) is 21.5 Å². The summed E-state index contributed by atoms with van der Waals surface area (Å²) in [6.45, 7) is 1.49. The first-order valence-corrected chi connectivity index (χ1v) is 10.9. The van der Waals surface area contributed by atoms with Gasteiger partial charge in [-0.05, 0) is 35.4 Å². The van der Waals surface area contributed by atoms with Crippen molar-refractivity contribution in [2.75, 3.05) is 27.0 Å². The van der Waals surface area contributed by atoms with Crippen LogP contribution in [-0.2, 0) is 13.2 Å². The molecule has 1 heterocycles. The standard InChI is InChI=1S/C25H25ClN2O5/c1-30-22-11-18(7-8-21(22)31-15-17-5-3-2-4-6-17)25(29)28(10-9-27)14-19-12-23-24(13-20(19)26)33-16-32-23/h2-8,11-13H,9-10,14-16,27H2,1H3. The van der Waals surface area contributed by atoms with Gasteiger partial charge in [-0.15, -0.1) is 0 Å². The van der Waals surface area contributed by atoms with E-state index in [0.717, 1.165) is 11.1 Å². The number of nitrogens with two attached hydrogens (primary N) is 1. The Balaban J connectivity index is 1.52. The van der Waals surface area contributed by atoms with Gasteiger partial charge in [-0.2, -0.15) is 0 Å². The van der Waals surface area contributed by atoms with Crippen molar-refractivity contribution in [3.8, 4) is 23.0 Å². The van der Waals surface area contributed by atoms with Gasteiger partial charge in [0.1, 0.15) is 6.61 Å². The van der Waals surface area contributed by atoms with Crippen LogP contribution in [-0.4, -0.2) is 37.8 Å². The molecule has 0 atom stereocenters. The average Bonchev–Trinajstić information content (AvgIpc) is 3.29. The van der Waals surface area contributed by atoms with E-state index < -0.39 is 0 Å². The zero-order valence-electron chi connectivity index (χ0n) is 18.3. The van der Waals surface area contributed by atoms with Gasteiger partial charge in [0.05, 0.1) is 7.11 Å². The quantitative estimate of drug-likeness (QED) is 0.505. The Kier molecular flexibility index (Phi) is 7.22. The van der Waals surface area contributed by atoms with E-state index in [1.807, 2.05) is 30.3 Å². The molecule has 33 heavy (non-hydrogen) atoms. The monoisotopic (exact) mass is 468 g/mol. The molecule has 8 heteroatoms. The molecule has 0 spiro atoms. The Morgan fingerprint density at radius 3 is 2.55 bits per heavy atom. The highest BCUT2D eigenvalue weighted by atomic mass is 35.5. The van der Waals surface area contributed by atoms with Crippen molar-refractivity contribution in [2.45, 2.75) is 13.2 Å². The fourth-order valence-electron chi connectivity index (χ4n) is 3.53. The van der Waals surface area contributed by atoms with Crippen molar-refractivity contribution in [1.29, 1.82) is 0 Å². The second-order valence-corrected chi connectivity index (χ2v) is 7.86. The Morgan fingerprint density at radius 1 is 1.06 bits per heavy atom. The van der Waals surface area contributed by atoms with E-state index in [0.29, 0.717) is 53.3 Å². The third-order valence-corrected chi connectivity index (χ3v) is 5.59. The summed E-state index contributed by atoms with van der Waals surface area (Å²) in [6, 6.07) is 18.5. The minimum Gasteiger partial charge on any atom is -0.493 e. The number of nitrogens with zero attached hydrogens (tertiary/aromatic N) is 1. The van der Waals surface area contributed by atoms with Crippen LogP contribution >= 0.6 is 11.6 Å². The van der Waals surface area contributed by atoms with Gasteiger partial charge >= 0.3 is 0 Å².